The molecule has 1 amide bonds. The van der Waals surface area contributed by atoms with Crippen molar-refractivity contribution in [2.24, 2.45) is 0 Å². The lowest BCUT2D eigenvalue weighted by Gasteiger charge is -2.16. The van der Waals surface area contributed by atoms with Crippen LogP contribution in [0.1, 0.15) is 12.0 Å². The Hall–Kier alpha value is -0.620. The van der Waals surface area contributed by atoms with Crippen LogP contribution in [-0.2, 0) is 16.0 Å². The minimum Gasteiger partial charge on any atom is -0.385 e. The molecule has 0 aromatic heterocycles. The number of carbonyl (C=O) groups is 1. The van der Waals surface area contributed by atoms with E-state index in [4.69, 9.17) is 4.74 Å². The van der Waals surface area contributed by atoms with Crippen molar-refractivity contribution < 1.29 is 9.53 Å². The van der Waals surface area contributed by atoms with Crippen molar-refractivity contribution in [3.05, 3.63) is 33.4 Å². The van der Waals surface area contributed by atoms with E-state index in [2.05, 4.69) is 22.6 Å². The van der Waals surface area contributed by atoms with Gasteiger partial charge in [-0.1, -0.05) is 12.1 Å². The molecule has 1 aromatic carbocycles. The van der Waals surface area contributed by atoms with Crippen molar-refractivity contribution in [2.75, 3.05) is 27.3 Å². The Balaban J connectivity index is 2.43. The summed E-state index contributed by atoms with van der Waals surface area (Å²) in [7, 11) is 3.51. The van der Waals surface area contributed by atoms with E-state index in [1.807, 2.05) is 31.3 Å². The Labute approximate surface area is 116 Å². The molecular formula is C13H18INO2. The third kappa shape index (κ3) is 5.50. The van der Waals surface area contributed by atoms with Gasteiger partial charge in [-0.05, 0) is 46.7 Å². The summed E-state index contributed by atoms with van der Waals surface area (Å²) < 4.78 is 6.13. The molecule has 17 heavy (non-hydrogen) atoms. The molecule has 0 radical (unpaired) electrons. The van der Waals surface area contributed by atoms with Crippen LogP contribution in [0.4, 0.5) is 0 Å². The van der Waals surface area contributed by atoms with Crippen molar-refractivity contribution in [1.82, 2.24) is 4.90 Å². The van der Waals surface area contributed by atoms with E-state index in [9.17, 15) is 4.79 Å². The third-order valence-electron chi connectivity index (χ3n) is 2.51. The minimum atomic E-state index is 0.156. The van der Waals surface area contributed by atoms with Crippen molar-refractivity contribution >= 4 is 28.5 Å². The summed E-state index contributed by atoms with van der Waals surface area (Å²) >= 11 is 2.26. The second kappa shape index (κ2) is 7.66. The highest BCUT2D eigenvalue weighted by molar-refractivity contribution is 14.1. The van der Waals surface area contributed by atoms with E-state index < -0.39 is 0 Å². The normalized spacial score (nSPS) is 10.3. The Bertz CT molecular complexity index is 368. The van der Waals surface area contributed by atoms with Crippen LogP contribution in [0.25, 0.3) is 0 Å². The second-order valence-electron chi connectivity index (χ2n) is 3.97. The first kappa shape index (κ1) is 14.4. The molecule has 0 heterocycles. The second-order valence-corrected chi connectivity index (χ2v) is 5.21. The highest BCUT2D eigenvalue weighted by Gasteiger charge is 2.09. The maximum absolute atomic E-state index is 11.9. The first-order valence-corrected chi connectivity index (χ1v) is 6.68. The molecule has 1 rings (SSSR count). The van der Waals surface area contributed by atoms with Gasteiger partial charge in [0.15, 0.2) is 0 Å². The maximum atomic E-state index is 11.9. The first-order chi connectivity index (χ1) is 8.13. The average Bonchev–Trinajstić information content (AvgIpc) is 2.29. The molecule has 0 fully saturated rings. The molecule has 94 valence electrons. The molecule has 0 saturated carbocycles. The molecular weight excluding hydrogens is 329 g/mol. The highest BCUT2D eigenvalue weighted by atomic mass is 127. The van der Waals surface area contributed by atoms with E-state index in [1.165, 1.54) is 0 Å². The van der Waals surface area contributed by atoms with E-state index in [0.717, 1.165) is 22.1 Å². The van der Waals surface area contributed by atoms with Crippen LogP contribution in [0.2, 0.25) is 0 Å². The zero-order valence-electron chi connectivity index (χ0n) is 10.3. The van der Waals surface area contributed by atoms with Crippen LogP contribution < -0.4 is 0 Å². The molecule has 0 spiro atoms. The fourth-order valence-corrected chi connectivity index (χ4v) is 2.13. The molecule has 0 aliphatic rings. The van der Waals surface area contributed by atoms with E-state index in [1.54, 1.807) is 12.0 Å². The summed E-state index contributed by atoms with van der Waals surface area (Å²) in [4.78, 5) is 13.7. The summed E-state index contributed by atoms with van der Waals surface area (Å²) in [5.74, 6) is 0.156. The number of likely N-dealkylation sites (N-methyl/N-ethyl adjacent to an activating group) is 1. The minimum absolute atomic E-state index is 0.156. The third-order valence-corrected chi connectivity index (χ3v) is 3.18. The van der Waals surface area contributed by atoms with Crippen LogP contribution in [-0.4, -0.2) is 38.1 Å². The average molecular weight is 347 g/mol. The van der Waals surface area contributed by atoms with Crippen molar-refractivity contribution in [2.45, 2.75) is 12.8 Å². The van der Waals surface area contributed by atoms with Crippen LogP contribution in [0, 0.1) is 3.57 Å². The molecule has 0 aliphatic heterocycles. The summed E-state index contributed by atoms with van der Waals surface area (Å²) in [5.41, 5.74) is 1.07. The molecule has 1 aromatic rings. The van der Waals surface area contributed by atoms with E-state index in [-0.39, 0.29) is 5.91 Å². The number of hydrogen-bond acceptors (Lipinski definition) is 2. The van der Waals surface area contributed by atoms with Gasteiger partial charge in [0.1, 0.15) is 0 Å². The number of halogens is 1. The summed E-state index contributed by atoms with van der Waals surface area (Å²) in [6.07, 6.45) is 1.35. The number of amides is 1. The number of hydrogen-bond donors (Lipinski definition) is 0. The summed E-state index contributed by atoms with van der Waals surface area (Å²) in [6.45, 7) is 1.44. The van der Waals surface area contributed by atoms with Crippen LogP contribution >= 0.6 is 22.6 Å². The monoisotopic (exact) mass is 347 g/mol. The molecule has 0 aliphatic carbocycles. The topological polar surface area (TPSA) is 29.5 Å². The van der Waals surface area contributed by atoms with Gasteiger partial charge in [-0.3, -0.25) is 4.79 Å². The lowest BCUT2D eigenvalue weighted by Crippen LogP contribution is -2.29. The summed E-state index contributed by atoms with van der Waals surface area (Å²) in [5, 5.41) is 0. The Morgan fingerprint density at radius 3 is 2.88 bits per heavy atom. The van der Waals surface area contributed by atoms with Gasteiger partial charge in [-0.2, -0.15) is 0 Å². The van der Waals surface area contributed by atoms with Crippen LogP contribution in [0.15, 0.2) is 24.3 Å². The van der Waals surface area contributed by atoms with Crippen LogP contribution in [0.5, 0.6) is 0 Å². The van der Waals surface area contributed by atoms with Gasteiger partial charge in [0.05, 0.1) is 6.42 Å². The van der Waals surface area contributed by atoms with Gasteiger partial charge in [-0.15, -0.1) is 0 Å². The number of benzene rings is 1. The fraction of sp³-hybridized carbons (Fsp3) is 0.462. The molecule has 3 nitrogen and oxygen atoms in total. The Kier molecular flexibility index (Phi) is 6.50. The van der Waals surface area contributed by atoms with Gasteiger partial charge >= 0.3 is 0 Å². The maximum Gasteiger partial charge on any atom is 0.226 e. The zero-order valence-corrected chi connectivity index (χ0v) is 12.4. The predicted octanol–water partition coefficient (Wildman–Crippen LogP) is 2.33. The molecule has 4 heteroatoms. The SMILES string of the molecule is COCCCN(C)C(=O)Cc1cccc(I)c1. The fourth-order valence-electron chi connectivity index (χ4n) is 1.53. The highest BCUT2D eigenvalue weighted by Crippen LogP contribution is 2.09. The first-order valence-electron chi connectivity index (χ1n) is 5.61. The predicted molar refractivity (Wildman–Crippen MR) is 77.0 cm³/mol. The number of methoxy groups -OCH3 is 1. The molecule has 0 saturated heterocycles. The van der Waals surface area contributed by atoms with Crippen molar-refractivity contribution in [1.29, 1.82) is 0 Å². The van der Waals surface area contributed by atoms with Crippen LogP contribution in [0.3, 0.4) is 0 Å². The lowest BCUT2D eigenvalue weighted by molar-refractivity contribution is -0.129. The number of ether oxygens (including phenoxy) is 1. The number of rotatable bonds is 6. The van der Waals surface area contributed by atoms with E-state index >= 15 is 0 Å². The number of nitrogens with zero attached hydrogens (tertiary/aromatic N) is 1. The standard InChI is InChI=1S/C13H18INO2/c1-15(7-4-8-17-2)13(16)10-11-5-3-6-12(14)9-11/h3,5-6,9H,4,7-8,10H2,1-2H3. The Morgan fingerprint density at radius 1 is 1.47 bits per heavy atom. The van der Waals surface area contributed by atoms with Gasteiger partial charge < -0.3 is 9.64 Å². The molecule has 0 unspecified atom stereocenters. The lowest BCUT2D eigenvalue weighted by atomic mass is 10.1. The van der Waals surface area contributed by atoms with Crippen molar-refractivity contribution in [3.63, 3.8) is 0 Å². The van der Waals surface area contributed by atoms with Crippen molar-refractivity contribution in [3.8, 4) is 0 Å². The van der Waals surface area contributed by atoms with Gasteiger partial charge in [0.25, 0.3) is 0 Å². The summed E-state index contributed by atoms with van der Waals surface area (Å²) in [6, 6.07) is 8.04. The Morgan fingerprint density at radius 2 is 2.24 bits per heavy atom. The number of carbonyl (C=O) groups excluding carboxylic acids is 1. The molecule has 0 N–H and O–H groups in total. The van der Waals surface area contributed by atoms with Gasteiger partial charge in [-0.25, -0.2) is 0 Å². The smallest absolute Gasteiger partial charge is 0.226 e. The quantitative estimate of drug-likeness (QED) is 0.584. The van der Waals surface area contributed by atoms with Gasteiger partial charge in [0, 0.05) is 30.9 Å². The molecule has 0 atom stereocenters. The van der Waals surface area contributed by atoms with E-state index in [0.29, 0.717) is 13.0 Å². The largest absolute Gasteiger partial charge is 0.385 e. The van der Waals surface area contributed by atoms with Gasteiger partial charge in [0.2, 0.25) is 5.91 Å². The zero-order chi connectivity index (χ0) is 12.7. The molecule has 0 bridgehead atoms.